The molecule has 0 aliphatic carbocycles. The van der Waals surface area contributed by atoms with E-state index in [4.69, 9.17) is 0 Å². The van der Waals surface area contributed by atoms with Crippen LogP contribution >= 0.6 is 0 Å². The molecule has 0 amide bonds. The first-order chi connectivity index (χ1) is 10.7. The largest absolute Gasteiger partial charge is 0.480 e. The van der Waals surface area contributed by atoms with Crippen molar-refractivity contribution < 1.29 is 9.90 Å². The van der Waals surface area contributed by atoms with Crippen molar-refractivity contribution in [2.45, 2.75) is 32.2 Å². The van der Waals surface area contributed by atoms with E-state index in [1.165, 1.54) is 0 Å². The van der Waals surface area contributed by atoms with Crippen LogP contribution in [0.15, 0.2) is 30.6 Å². The molecule has 1 N–H and O–H groups in total. The summed E-state index contributed by atoms with van der Waals surface area (Å²) in [6.45, 7) is 5.16. The quantitative estimate of drug-likeness (QED) is 0.808. The first-order valence-electron chi connectivity index (χ1n) is 7.88. The highest BCUT2D eigenvalue weighted by molar-refractivity contribution is 5.75. The fraction of sp³-hybridized carbons (Fsp3) is 0.562. The van der Waals surface area contributed by atoms with Gasteiger partial charge in [0.25, 0.3) is 0 Å². The zero-order valence-corrected chi connectivity index (χ0v) is 13.1. The number of anilines is 1. The molecule has 0 saturated carbocycles. The maximum Gasteiger partial charge on any atom is 0.324 e. The number of carbonyl (C=O) groups is 1. The van der Waals surface area contributed by atoms with E-state index in [0.29, 0.717) is 6.54 Å². The zero-order valence-electron chi connectivity index (χ0n) is 13.1. The van der Waals surface area contributed by atoms with Gasteiger partial charge in [-0.05, 0) is 18.9 Å². The van der Waals surface area contributed by atoms with Crippen molar-refractivity contribution in [3.8, 4) is 0 Å². The minimum absolute atomic E-state index is 0.539. The van der Waals surface area contributed by atoms with Crippen LogP contribution in [0.3, 0.4) is 0 Å². The fourth-order valence-corrected chi connectivity index (χ4v) is 2.62. The summed E-state index contributed by atoms with van der Waals surface area (Å²) in [7, 11) is 0. The lowest BCUT2D eigenvalue weighted by Crippen LogP contribution is -2.42. The van der Waals surface area contributed by atoms with Crippen LogP contribution in [0.4, 0.5) is 5.95 Å². The van der Waals surface area contributed by atoms with Gasteiger partial charge in [-0.2, -0.15) is 0 Å². The molecule has 1 fully saturated rings. The van der Waals surface area contributed by atoms with E-state index >= 15 is 0 Å². The molecule has 0 aromatic carbocycles. The molecule has 120 valence electrons. The van der Waals surface area contributed by atoms with Crippen molar-refractivity contribution in [2.24, 2.45) is 0 Å². The van der Waals surface area contributed by atoms with E-state index < -0.39 is 12.0 Å². The van der Waals surface area contributed by atoms with Crippen molar-refractivity contribution in [3.63, 3.8) is 0 Å². The Bertz CT molecular complexity index is 492. The molecule has 1 aliphatic rings. The Hall–Kier alpha value is -1.95. The average molecular weight is 304 g/mol. The molecule has 1 aromatic heterocycles. The Kier molecular flexibility index (Phi) is 6.33. The molecule has 0 unspecified atom stereocenters. The molecule has 6 nitrogen and oxygen atoms in total. The first kappa shape index (κ1) is 16.4. The molecule has 0 spiro atoms. The number of allylic oxidation sites excluding steroid dienone is 1. The number of hydrogen-bond donors (Lipinski definition) is 1. The Morgan fingerprint density at radius 2 is 2.09 bits per heavy atom. The molecule has 6 heteroatoms. The van der Waals surface area contributed by atoms with E-state index in [9.17, 15) is 9.90 Å². The third kappa shape index (κ3) is 4.53. The lowest BCUT2D eigenvalue weighted by molar-refractivity contribution is -0.141. The first-order valence-corrected chi connectivity index (χ1v) is 7.88. The number of rotatable bonds is 6. The van der Waals surface area contributed by atoms with Gasteiger partial charge in [-0.1, -0.05) is 25.5 Å². The fourth-order valence-electron chi connectivity index (χ4n) is 2.62. The van der Waals surface area contributed by atoms with E-state index in [2.05, 4.69) is 21.8 Å². The third-order valence-corrected chi connectivity index (χ3v) is 3.79. The van der Waals surface area contributed by atoms with Gasteiger partial charge in [0.15, 0.2) is 0 Å². The summed E-state index contributed by atoms with van der Waals surface area (Å²) in [6.07, 6.45) is 10.1. The minimum atomic E-state index is -0.781. The summed E-state index contributed by atoms with van der Waals surface area (Å²) in [5.74, 6) is -0.0606. The van der Waals surface area contributed by atoms with E-state index in [-0.39, 0.29) is 0 Å². The van der Waals surface area contributed by atoms with Crippen LogP contribution in [0, 0.1) is 0 Å². The van der Waals surface area contributed by atoms with Crippen LogP contribution in [0.1, 0.15) is 26.2 Å². The average Bonchev–Trinajstić information content (AvgIpc) is 2.78. The molecule has 0 radical (unpaired) electrons. The Labute approximate surface area is 131 Å². The topological polar surface area (TPSA) is 69.6 Å². The Balaban J connectivity index is 2.00. The number of aromatic nitrogens is 2. The van der Waals surface area contributed by atoms with Gasteiger partial charge < -0.3 is 10.0 Å². The molecule has 1 atom stereocenters. The molecule has 22 heavy (non-hydrogen) atoms. The standard InChI is InChI=1S/C16H24N4O2/c1-2-3-4-7-14(15(21)22)19-10-6-11-20(13-12-19)16-17-8-5-9-18-16/h4-5,7-9,14H,2-3,6,10-13H2,1H3,(H,21,22)/b7-4+/t14-/m0/s1. The summed E-state index contributed by atoms with van der Waals surface area (Å²) in [6, 6.07) is 1.26. The van der Waals surface area contributed by atoms with Gasteiger partial charge in [0, 0.05) is 38.6 Å². The molecule has 0 bridgehead atoms. The zero-order chi connectivity index (χ0) is 15.8. The number of hydrogen-bond acceptors (Lipinski definition) is 5. The second kappa shape index (κ2) is 8.48. The van der Waals surface area contributed by atoms with Crippen molar-refractivity contribution in [2.75, 3.05) is 31.1 Å². The monoisotopic (exact) mass is 304 g/mol. The number of unbranched alkanes of at least 4 members (excludes halogenated alkanes) is 1. The number of nitrogens with zero attached hydrogens (tertiary/aromatic N) is 4. The van der Waals surface area contributed by atoms with Crippen LogP contribution in [0.2, 0.25) is 0 Å². The number of carboxylic acids is 1. The van der Waals surface area contributed by atoms with Crippen molar-refractivity contribution in [3.05, 3.63) is 30.6 Å². The highest BCUT2D eigenvalue weighted by Gasteiger charge is 2.25. The summed E-state index contributed by atoms with van der Waals surface area (Å²) in [4.78, 5) is 24.2. The van der Waals surface area contributed by atoms with Gasteiger partial charge in [-0.3, -0.25) is 9.69 Å². The maximum atomic E-state index is 11.5. The predicted molar refractivity (Wildman–Crippen MR) is 85.9 cm³/mol. The molecule has 2 rings (SSSR count). The highest BCUT2D eigenvalue weighted by Crippen LogP contribution is 2.13. The SMILES string of the molecule is CCC/C=C/[C@@H](C(=O)O)N1CCCN(c2ncccn2)CC1. The van der Waals surface area contributed by atoms with E-state index in [1.807, 2.05) is 17.1 Å². The van der Waals surface area contributed by atoms with Crippen molar-refractivity contribution in [1.29, 1.82) is 0 Å². The van der Waals surface area contributed by atoms with Crippen LogP contribution in [-0.4, -0.2) is 58.2 Å². The van der Waals surface area contributed by atoms with Crippen molar-refractivity contribution in [1.82, 2.24) is 14.9 Å². The van der Waals surface area contributed by atoms with Gasteiger partial charge in [0.05, 0.1) is 0 Å². The van der Waals surface area contributed by atoms with Crippen LogP contribution in [0.25, 0.3) is 0 Å². The smallest absolute Gasteiger partial charge is 0.324 e. The van der Waals surface area contributed by atoms with Gasteiger partial charge in [0.2, 0.25) is 5.95 Å². The highest BCUT2D eigenvalue weighted by atomic mass is 16.4. The third-order valence-electron chi connectivity index (χ3n) is 3.79. The lowest BCUT2D eigenvalue weighted by Gasteiger charge is -2.25. The van der Waals surface area contributed by atoms with E-state index in [0.717, 1.165) is 44.8 Å². The summed E-state index contributed by atoms with van der Waals surface area (Å²) >= 11 is 0. The summed E-state index contributed by atoms with van der Waals surface area (Å²) in [5.41, 5.74) is 0. The second-order valence-corrected chi connectivity index (χ2v) is 5.43. The maximum absolute atomic E-state index is 11.5. The van der Waals surface area contributed by atoms with Gasteiger partial charge >= 0.3 is 5.97 Å². The summed E-state index contributed by atoms with van der Waals surface area (Å²) < 4.78 is 0. The molecular formula is C16H24N4O2. The molecule has 2 heterocycles. The van der Waals surface area contributed by atoms with Crippen LogP contribution < -0.4 is 4.90 Å². The molecular weight excluding hydrogens is 280 g/mol. The molecule has 1 aliphatic heterocycles. The second-order valence-electron chi connectivity index (χ2n) is 5.43. The van der Waals surface area contributed by atoms with Gasteiger partial charge in [-0.25, -0.2) is 9.97 Å². The van der Waals surface area contributed by atoms with Gasteiger partial charge in [-0.15, -0.1) is 0 Å². The number of carboxylic acid groups (broad SMARTS) is 1. The molecule has 1 aromatic rings. The minimum Gasteiger partial charge on any atom is -0.480 e. The number of aliphatic carboxylic acids is 1. The van der Waals surface area contributed by atoms with Crippen molar-refractivity contribution >= 4 is 11.9 Å². The predicted octanol–water partition coefficient (Wildman–Crippen LogP) is 1.80. The van der Waals surface area contributed by atoms with Gasteiger partial charge in [0.1, 0.15) is 6.04 Å². The lowest BCUT2D eigenvalue weighted by atomic mass is 10.2. The Morgan fingerprint density at radius 1 is 1.32 bits per heavy atom. The molecule has 1 saturated heterocycles. The normalized spacial score (nSPS) is 18.3. The van der Waals surface area contributed by atoms with Crippen LogP contribution in [-0.2, 0) is 4.79 Å². The summed E-state index contributed by atoms with van der Waals surface area (Å²) in [5, 5.41) is 9.47. The Morgan fingerprint density at radius 3 is 2.77 bits per heavy atom. The van der Waals surface area contributed by atoms with E-state index in [1.54, 1.807) is 18.5 Å². The van der Waals surface area contributed by atoms with Crippen LogP contribution in [0.5, 0.6) is 0 Å².